The minimum Gasteiger partial charge on any atom is -0.342 e. The Morgan fingerprint density at radius 1 is 1.33 bits per heavy atom. The number of hydrogen-bond donors (Lipinski definition) is 0. The summed E-state index contributed by atoms with van der Waals surface area (Å²) >= 11 is 1.46. The van der Waals surface area contributed by atoms with E-state index in [1.807, 2.05) is 34.7 Å². The molecule has 6 heteroatoms. The van der Waals surface area contributed by atoms with Crippen molar-refractivity contribution in [3.63, 3.8) is 0 Å². The molecule has 0 N–H and O–H groups in total. The van der Waals surface area contributed by atoms with Gasteiger partial charge in [0.1, 0.15) is 0 Å². The summed E-state index contributed by atoms with van der Waals surface area (Å²) in [6, 6.07) is 8.61. The Balaban J connectivity index is 1.71. The zero-order valence-corrected chi connectivity index (χ0v) is 17.0. The minimum absolute atomic E-state index is 0.164. The number of amides is 1. The van der Waals surface area contributed by atoms with E-state index in [1.165, 1.54) is 36.6 Å². The van der Waals surface area contributed by atoms with E-state index in [2.05, 4.69) is 35.8 Å². The average molecular weight is 385 g/mol. The number of rotatable bonds is 7. The number of carbonyl (C=O) groups is 1. The number of nitrogens with zero attached hydrogens (tertiary/aromatic N) is 4. The van der Waals surface area contributed by atoms with Crippen LogP contribution in [0, 0.1) is 6.92 Å². The van der Waals surface area contributed by atoms with Gasteiger partial charge in [-0.15, -0.1) is 16.8 Å². The number of carbonyl (C=O) groups excluding carboxylic acids is 1. The fourth-order valence-corrected chi connectivity index (χ4v) is 4.46. The molecule has 0 radical (unpaired) electrons. The van der Waals surface area contributed by atoms with Gasteiger partial charge in [-0.2, -0.15) is 0 Å². The molecule has 27 heavy (non-hydrogen) atoms. The molecule has 5 nitrogen and oxygen atoms in total. The Morgan fingerprint density at radius 2 is 2.11 bits per heavy atom. The number of hydrogen-bond acceptors (Lipinski definition) is 4. The lowest BCUT2D eigenvalue weighted by atomic mass is 9.94. The van der Waals surface area contributed by atoms with E-state index in [4.69, 9.17) is 0 Å². The summed E-state index contributed by atoms with van der Waals surface area (Å²) in [6.45, 7) is 6.53. The molecule has 1 aromatic carbocycles. The summed E-state index contributed by atoms with van der Waals surface area (Å²) < 4.78 is 2.03. The Labute approximate surface area is 165 Å². The van der Waals surface area contributed by atoms with E-state index in [0.717, 1.165) is 29.4 Å². The molecule has 1 fully saturated rings. The molecule has 0 bridgehead atoms. The molecule has 2 aromatic rings. The maximum Gasteiger partial charge on any atom is 0.233 e. The molecule has 1 aromatic heterocycles. The molecular weight excluding hydrogens is 356 g/mol. The van der Waals surface area contributed by atoms with Gasteiger partial charge >= 0.3 is 0 Å². The first-order valence-electron chi connectivity index (χ1n) is 9.59. The largest absolute Gasteiger partial charge is 0.342 e. The van der Waals surface area contributed by atoms with Gasteiger partial charge in [-0.05, 0) is 25.8 Å². The monoisotopic (exact) mass is 384 g/mol. The van der Waals surface area contributed by atoms with Gasteiger partial charge in [0.2, 0.25) is 5.91 Å². The summed E-state index contributed by atoms with van der Waals surface area (Å²) in [4.78, 5) is 14.6. The van der Waals surface area contributed by atoms with Gasteiger partial charge in [0.05, 0.1) is 5.75 Å². The summed E-state index contributed by atoms with van der Waals surface area (Å²) in [5, 5.41) is 9.48. The first-order chi connectivity index (χ1) is 13.1. The third-order valence-electron chi connectivity index (χ3n) is 5.15. The van der Waals surface area contributed by atoms with Crippen molar-refractivity contribution in [2.75, 3.05) is 12.8 Å². The van der Waals surface area contributed by atoms with E-state index in [0.29, 0.717) is 18.3 Å². The molecule has 1 heterocycles. The van der Waals surface area contributed by atoms with Crippen LogP contribution in [0.15, 0.2) is 42.1 Å². The van der Waals surface area contributed by atoms with Gasteiger partial charge in [-0.1, -0.05) is 60.9 Å². The fraction of sp³-hybridized carbons (Fsp3) is 0.476. The molecule has 0 spiro atoms. The van der Waals surface area contributed by atoms with Gasteiger partial charge in [0.25, 0.3) is 0 Å². The SMILES string of the molecule is C=CCn1c(SCC(=O)N(C)C2CCCCC2)nnc1-c1cccc(C)c1. The Bertz CT molecular complexity index is 795. The second kappa shape index (κ2) is 9.22. The van der Waals surface area contributed by atoms with E-state index in [1.54, 1.807) is 0 Å². The molecule has 3 rings (SSSR count). The van der Waals surface area contributed by atoms with Crippen LogP contribution in [0.2, 0.25) is 0 Å². The molecule has 1 aliphatic rings. The van der Waals surface area contributed by atoms with Gasteiger partial charge in [0, 0.05) is 25.2 Å². The van der Waals surface area contributed by atoms with Gasteiger partial charge < -0.3 is 4.90 Å². The summed E-state index contributed by atoms with van der Waals surface area (Å²) in [6.07, 6.45) is 7.82. The molecule has 0 saturated heterocycles. The smallest absolute Gasteiger partial charge is 0.233 e. The lowest BCUT2D eigenvalue weighted by molar-refractivity contribution is -0.129. The quantitative estimate of drug-likeness (QED) is 0.527. The normalized spacial score (nSPS) is 14.9. The van der Waals surface area contributed by atoms with E-state index < -0.39 is 0 Å². The van der Waals surface area contributed by atoms with Crippen molar-refractivity contribution in [2.24, 2.45) is 0 Å². The lowest BCUT2D eigenvalue weighted by Gasteiger charge is -2.31. The summed E-state index contributed by atoms with van der Waals surface area (Å²) in [5.41, 5.74) is 2.21. The highest BCUT2D eigenvalue weighted by Gasteiger charge is 2.23. The molecular formula is C21H28N4OS. The average Bonchev–Trinajstić information content (AvgIpc) is 3.09. The third-order valence-corrected chi connectivity index (χ3v) is 6.10. The van der Waals surface area contributed by atoms with Crippen molar-refractivity contribution >= 4 is 17.7 Å². The predicted octanol–water partition coefficient (Wildman–Crippen LogP) is 4.32. The first kappa shape index (κ1) is 19.7. The van der Waals surface area contributed by atoms with E-state index in [-0.39, 0.29) is 5.91 Å². The zero-order valence-electron chi connectivity index (χ0n) is 16.2. The molecule has 0 atom stereocenters. The molecule has 0 unspecified atom stereocenters. The van der Waals surface area contributed by atoms with Crippen molar-refractivity contribution in [1.82, 2.24) is 19.7 Å². The van der Waals surface area contributed by atoms with Gasteiger partial charge in [0.15, 0.2) is 11.0 Å². The lowest BCUT2D eigenvalue weighted by Crippen LogP contribution is -2.39. The van der Waals surface area contributed by atoms with E-state index in [9.17, 15) is 4.79 Å². The van der Waals surface area contributed by atoms with Crippen LogP contribution in [0.25, 0.3) is 11.4 Å². The van der Waals surface area contributed by atoms with E-state index >= 15 is 0 Å². The van der Waals surface area contributed by atoms with Crippen LogP contribution in [-0.4, -0.2) is 44.4 Å². The Kier molecular flexibility index (Phi) is 6.72. The van der Waals surface area contributed by atoms with Crippen molar-refractivity contribution in [1.29, 1.82) is 0 Å². The van der Waals surface area contributed by atoms with Crippen molar-refractivity contribution in [3.8, 4) is 11.4 Å². The topological polar surface area (TPSA) is 51.0 Å². The maximum atomic E-state index is 12.6. The second-order valence-corrected chi connectivity index (χ2v) is 8.10. The standard InChI is InChI=1S/C21H28N4OS/c1-4-13-25-20(17-10-8-9-16(2)14-17)22-23-21(25)27-15-19(26)24(3)18-11-6-5-7-12-18/h4,8-10,14,18H,1,5-7,11-13,15H2,2-3H3. The first-order valence-corrected chi connectivity index (χ1v) is 10.6. The molecule has 1 saturated carbocycles. The number of aromatic nitrogens is 3. The summed E-state index contributed by atoms with van der Waals surface area (Å²) in [5.74, 6) is 1.36. The predicted molar refractivity (Wildman–Crippen MR) is 111 cm³/mol. The highest BCUT2D eigenvalue weighted by molar-refractivity contribution is 7.99. The third kappa shape index (κ3) is 4.80. The van der Waals surface area contributed by atoms with Crippen LogP contribution in [0.4, 0.5) is 0 Å². The number of allylic oxidation sites excluding steroid dienone is 1. The highest BCUT2D eigenvalue weighted by Crippen LogP contribution is 2.26. The number of thioether (sulfide) groups is 1. The Hall–Kier alpha value is -2.08. The van der Waals surface area contributed by atoms with Crippen LogP contribution < -0.4 is 0 Å². The van der Waals surface area contributed by atoms with Crippen LogP contribution >= 0.6 is 11.8 Å². The van der Waals surface area contributed by atoms with Gasteiger partial charge in [-0.25, -0.2) is 0 Å². The molecule has 144 valence electrons. The fourth-order valence-electron chi connectivity index (χ4n) is 3.59. The molecule has 1 aliphatic carbocycles. The minimum atomic E-state index is 0.164. The van der Waals surface area contributed by atoms with Crippen molar-refractivity contribution in [2.45, 2.75) is 56.8 Å². The van der Waals surface area contributed by atoms with Crippen molar-refractivity contribution < 1.29 is 4.79 Å². The highest BCUT2D eigenvalue weighted by atomic mass is 32.2. The van der Waals surface area contributed by atoms with Crippen LogP contribution in [0.3, 0.4) is 0 Å². The Morgan fingerprint density at radius 3 is 2.81 bits per heavy atom. The van der Waals surface area contributed by atoms with Crippen molar-refractivity contribution in [3.05, 3.63) is 42.5 Å². The molecule has 1 amide bonds. The molecule has 0 aliphatic heterocycles. The van der Waals surface area contributed by atoms with Crippen LogP contribution in [0.5, 0.6) is 0 Å². The maximum absolute atomic E-state index is 12.6. The van der Waals surface area contributed by atoms with Crippen LogP contribution in [-0.2, 0) is 11.3 Å². The second-order valence-electron chi connectivity index (χ2n) is 7.16. The summed E-state index contributed by atoms with van der Waals surface area (Å²) in [7, 11) is 1.94. The van der Waals surface area contributed by atoms with Crippen LogP contribution in [0.1, 0.15) is 37.7 Å². The van der Waals surface area contributed by atoms with Gasteiger partial charge in [-0.3, -0.25) is 9.36 Å². The zero-order chi connectivity index (χ0) is 19.2. The number of aryl methyl sites for hydroxylation is 1. The number of benzene rings is 1.